The fourth-order valence-corrected chi connectivity index (χ4v) is 10.1. The van der Waals surface area contributed by atoms with Gasteiger partial charge in [-0.3, -0.25) is 9.59 Å². The summed E-state index contributed by atoms with van der Waals surface area (Å²) >= 11 is 0. The van der Waals surface area contributed by atoms with Crippen molar-refractivity contribution in [1.29, 1.82) is 0 Å². The van der Waals surface area contributed by atoms with Crippen LogP contribution in [0.5, 0.6) is 0 Å². The molecule has 4 rings (SSSR count). The largest absolute Gasteiger partial charge is 0.478 e. The van der Waals surface area contributed by atoms with E-state index in [-0.39, 0.29) is 58.1 Å². The highest BCUT2D eigenvalue weighted by Gasteiger charge is 2.68. The highest BCUT2D eigenvalue weighted by molar-refractivity contribution is 5.85. The molecule has 0 aromatic heterocycles. The van der Waals surface area contributed by atoms with Crippen LogP contribution in [0.15, 0.2) is 22.8 Å². The number of carboxylic acid groups (broad SMARTS) is 1. The van der Waals surface area contributed by atoms with E-state index in [2.05, 4.69) is 34.6 Å². The van der Waals surface area contributed by atoms with Gasteiger partial charge in [0.15, 0.2) is 0 Å². The molecule has 3 N–H and O–H groups in total. The lowest BCUT2D eigenvalue weighted by Crippen LogP contribution is -2.59. The second-order valence-electron chi connectivity index (χ2n) is 15.0. The van der Waals surface area contributed by atoms with Crippen LogP contribution in [0.2, 0.25) is 0 Å². The Morgan fingerprint density at radius 3 is 2.21 bits per heavy atom. The monoisotopic (exact) mass is 588 g/mol. The number of ether oxygens (including phenoxy) is 2. The van der Waals surface area contributed by atoms with E-state index in [1.165, 1.54) is 26.3 Å². The maximum absolute atomic E-state index is 12.1. The maximum Gasteiger partial charge on any atom is 0.330 e. The number of carbonyl (C=O) groups is 3. The van der Waals surface area contributed by atoms with Crippen LogP contribution in [0, 0.1) is 39.4 Å². The minimum Gasteiger partial charge on any atom is -0.478 e. The molecule has 0 radical (unpaired) electrons. The lowest BCUT2D eigenvalue weighted by Gasteiger charge is -2.63. The summed E-state index contributed by atoms with van der Waals surface area (Å²) in [5.41, 5.74) is 0.926. The molecule has 42 heavy (non-hydrogen) atoms. The molecule has 4 aliphatic rings. The molecule has 2 saturated carbocycles. The van der Waals surface area contributed by atoms with E-state index in [4.69, 9.17) is 9.47 Å². The predicted octanol–water partition coefficient (Wildman–Crippen LogP) is 5.60. The molecular formula is C34H52O8. The average Bonchev–Trinajstić information content (AvgIpc) is 3.09. The lowest BCUT2D eigenvalue weighted by molar-refractivity contribution is -0.170. The van der Waals surface area contributed by atoms with Crippen molar-refractivity contribution in [3.05, 3.63) is 22.8 Å². The summed E-state index contributed by atoms with van der Waals surface area (Å²) in [5, 5.41) is 33.2. The Labute approximate surface area is 250 Å². The van der Waals surface area contributed by atoms with E-state index in [9.17, 15) is 29.7 Å². The highest BCUT2D eigenvalue weighted by atomic mass is 16.5. The number of rotatable bonds is 7. The Balaban J connectivity index is 1.73. The van der Waals surface area contributed by atoms with Crippen LogP contribution in [-0.2, 0) is 23.9 Å². The van der Waals surface area contributed by atoms with Gasteiger partial charge in [0, 0.05) is 36.7 Å². The van der Waals surface area contributed by atoms with Gasteiger partial charge >= 0.3 is 17.9 Å². The first-order valence-corrected chi connectivity index (χ1v) is 15.7. The topological polar surface area (TPSA) is 130 Å². The highest BCUT2D eigenvalue weighted by Crippen LogP contribution is 2.72. The first kappa shape index (κ1) is 32.7. The van der Waals surface area contributed by atoms with Crippen LogP contribution in [-0.4, -0.2) is 57.6 Å². The summed E-state index contributed by atoms with van der Waals surface area (Å²) in [6.45, 7) is 17.4. The number of carboxylic acids is 1. The lowest BCUT2D eigenvalue weighted by atomic mass is 9.42. The molecule has 0 bridgehead atoms. The van der Waals surface area contributed by atoms with Gasteiger partial charge in [-0.25, -0.2) is 4.79 Å². The Kier molecular flexibility index (Phi) is 8.62. The van der Waals surface area contributed by atoms with E-state index < -0.39 is 35.7 Å². The number of aliphatic hydroxyl groups excluding tert-OH is 2. The van der Waals surface area contributed by atoms with Gasteiger partial charge in [0.05, 0.1) is 12.2 Å². The number of esters is 2. The third kappa shape index (κ3) is 4.94. The maximum atomic E-state index is 12.1. The third-order valence-electron chi connectivity index (χ3n) is 12.7. The summed E-state index contributed by atoms with van der Waals surface area (Å²) in [5.74, 6) is -1.72. The number of aliphatic carboxylic acids is 1. The van der Waals surface area contributed by atoms with Crippen LogP contribution < -0.4 is 0 Å². The third-order valence-corrected chi connectivity index (χ3v) is 12.7. The first-order valence-electron chi connectivity index (χ1n) is 15.7. The van der Waals surface area contributed by atoms with Gasteiger partial charge in [0.2, 0.25) is 0 Å². The zero-order valence-corrected chi connectivity index (χ0v) is 27.0. The number of hydrogen-bond donors (Lipinski definition) is 3. The van der Waals surface area contributed by atoms with Crippen LogP contribution in [0.3, 0.4) is 0 Å². The summed E-state index contributed by atoms with van der Waals surface area (Å²) in [6, 6.07) is 0. The Morgan fingerprint density at radius 1 is 1.00 bits per heavy atom. The molecule has 2 fully saturated rings. The molecule has 0 aromatic carbocycles. The summed E-state index contributed by atoms with van der Waals surface area (Å²) in [6.07, 6.45) is 4.08. The zero-order valence-electron chi connectivity index (χ0n) is 27.0. The van der Waals surface area contributed by atoms with Gasteiger partial charge in [0.1, 0.15) is 12.2 Å². The van der Waals surface area contributed by atoms with Crippen LogP contribution in [0.1, 0.15) is 107 Å². The molecule has 0 unspecified atom stereocenters. The molecule has 236 valence electrons. The second-order valence-corrected chi connectivity index (χ2v) is 15.0. The summed E-state index contributed by atoms with van der Waals surface area (Å²) < 4.78 is 11.5. The zero-order chi connectivity index (χ0) is 31.6. The Bertz CT molecular complexity index is 1180. The molecule has 8 nitrogen and oxygen atoms in total. The van der Waals surface area contributed by atoms with Gasteiger partial charge in [-0.1, -0.05) is 53.2 Å². The number of allylic oxidation sites excluding steroid dienone is 1. The van der Waals surface area contributed by atoms with Gasteiger partial charge in [-0.15, -0.1) is 0 Å². The molecular weight excluding hydrogens is 536 g/mol. The van der Waals surface area contributed by atoms with Crippen molar-refractivity contribution < 1.29 is 39.2 Å². The smallest absolute Gasteiger partial charge is 0.330 e. The number of fused-ring (bicyclic) bond motifs is 4. The van der Waals surface area contributed by atoms with E-state index in [0.717, 1.165) is 31.3 Å². The van der Waals surface area contributed by atoms with Gasteiger partial charge < -0.3 is 24.8 Å². The van der Waals surface area contributed by atoms with Gasteiger partial charge in [-0.05, 0) is 79.6 Å². The van der Waals surface area contributed by atoms with Crippen molar-refractivity contribution in [2.24, 2.45) is 39.4 Å². The van der Waals surface area contributed by atoms with Crippen LogP contribution in [0.4, 0.5) is 0 Å². The van der Waals surface area contributed by atoms with Gasteiger partial charge in [0.25, 0.3) is 0 Å². The number of carbonyl (C=O) groups excluding carboxylic acids is 2. The summed E-state index contributed by atoms with van der Waals surface area (Å²) in [4.78, 5) is 35.4. The fourth-order valence-electron chi connectivity index (χ4n) is 10.1. The predicted molar refractivity (Wildman–Crippen MR) is 158 cm³/mol. The van der Waals surface area contributed by atoms with E-state index in [1.807, 2.05) is 6.92 Å². The average molecular weight is 589 g/mol. The van der Waals surface area contributed by atoms with Crippen molar-refractivity contribution in [3.8, 4) is 0 Å². The van der Waals surface area contributed by atoms with Crippen LogP contribution >= 0.6 is 0 Å². The number of aliphatic hydroxyl groups is 2. The SMILES string of the molecule is CC(=O)O[C@@H](C/C=C(\C)C(=O)O)[C@@H](C)[C@H]1C[C@H](O)[C@@]2(C)C3=C(CC[C@]12C)[C@@]1(C)CC[C@H](OC(C)=O)C(C)(C)[C@@H]1C[C@H]3O. The normalized spacial score (nSPS) is 40.7. The first-order chi connectivity index (χ1) is 19.3. The van der Waals surface area contributed by atoms with E-state index in [1.54, 1.807) is 6.08 Å². The minimum absolute atomic E-state index is 0.0108. The fraction of sp³-hybridized carbons (Fsp3) is 0.794. The van der Waals surface area contributed by atoms with E-state index in [0.29, 0.717) is 12.8 Å². The molecule has 0 aromatic rings. The quantitative estimate of drug-likeness (QED) is 0.199. The molecule has 0 amide bonds. The van der Waals surface area contributed by atoms with Crippen molar-refractivity contribution >= 4 is 17.9 Å². The minimum atomic E-state index is -1.00. The molecule has 4 aliphatic carbocycles. The molecule has 8 heteroatoms. The summed E-state index contributed by atoms with van der Waals surface area (Å²) in [7, 11) is 0. The molecule has 0 spiro atoms. The van der Waals surface area contributed by atoms with Gasteiger partial charge in [-0.2, -0.15) is 0 Å². The Morgan fingerprint density at radius 2 is 1.64 bits per heavy atom. The van der Waals surface area contributed by atoms with Crippen molar-refractivity contribution in [2.45, 2.75) is 132 Å². The van der Waals surface area contributed by atoms with Crippen LogP contribution in [0.25, 0.3) is 0 Å². The van der Waals surface area contributed by atoms with E-state index >= 15 is 0 Å². The molecule has 0 saturated heterocycles. The van der Waals surface area contributed by atoms with Crippen molar-refractivity contribution in [2.75, 3.05) is 0 Å². The molecule has 10 atom stereocenters. The molecule has 0 aliphatic heterocycles. The second kappa shape index (κ2) is 11.1. The number of hydrogen-bond acceptors (Lipinski definition) is 7. The Hall–Kier alpha value is -2.19. The van der Waals surface area contributed by atoms with Crippen molar-refractivity contribution in [1.82, 2.24) is 0 Å². The standard InChI is InChI=1S/C34H52O8/c1-18(30(39)40)10-11-25(41-20(3)35)19(2)23-16-27(38)34(9)29-22(12-15-33(23,34)8)32(7)14-13-28(42-21(4)36)31(5,6)26(32)17-24(29)37/h10,19,23-28,37-38H,11-17H2,1-9H3,(H,39,40)/b18-10+/t19-,23+,24+,25-,26-,27-,28-,32+,33+,34-/m0/s1. The van der Waals surface area contributed by atoms with Crippen molar-refractivity contribution in [3.63, 3.8) is 0 Å². The molecule has 0 heterocycles.